The Balaban J connectivity index is 1.89. The number of aliphatic hydroxyl groups excluding tert-OH is 1. The van der Waals surface area contributed by atoms with Gasteiger partial charge in [0.1, 0.15) is 5.82 Å². The number of aliphatic hydroxyl groups is 1. The monoisotopic (exact) mass is 353 g/mol. The maximum absolute atomic E-state index is 13.7. The summed E-state index contributed by atoms with van der Waals surface area (Å²) in [5, 5.41) is 13.6. The lowest BCUT2D eigenvalue weighted by Gasteiger charge is -2.37. The largest absolute Gasteiger partial charge is 0.393 e. The van der Waals surface area contributed by atoms with Crippen LogP contribution in [0.2, 0.25) is 0 Å². The minimum absolute atomic E-state index is 0.0192. The van der Waals surface area contributed by atoms with E-state index in [0.29, 0.717) is 18.4 Å². The van der Waals surface area contributed by atoms with Gasteiger partial charge in [0.25, 0.3) is 0 Å². The van der Waals surface area contributed by atoms with E-state index in [0.717, 1.165) is 11.6 Å². The van der Waals surface area contributed by atoms with E-state index in [-0.39, 0.29) is 10.8 Å². The first-order valence-electron chi connectivity index (χ1n) is 7.71. The molecule has 130 valence electrons. The first kappa shape index (κ1) is 17.1. The number of hydrogen-bond donors (Lipinski definition) is 2. The standard InChI is InChI=1S/C16H20FN3O3S/c1-10-3-4-14(7-15(10)17)24(22,23)19-16(11-5-13(21)6-11)12-8-18-20(2)9-12/h3-4,7-9,11,13,16,19,21H,5-6H2,1-2H3/t11?,13?,16-/m1/s1. The topological polar surface area (TPSA) is 84.2 Å². The van der Waals surface area contributed by atoms with Crippen molar-refractivity contribution in [2.45, 2.75) is 36.8 Å². The average Bonchev–Trinajstić information content (AvgIpc) is 2.91. The van der Waals surface area contributed by atoms with Crippen LogP contribution >= 0.6 is 0 Å². The zero-order valence-corrected chi connectivity index (χ0v) is 14.3. The summed E-state index contributed by atoms with van der Waals surface area (Å²) in [6, 6.07) is 3.34. The van der Waals surface area contributed by atoms with Gasteiger partial charge in [-0.2, -0.15) is 5.10 Å². The number of aryl methyl sites for hydroxylation is 2. The van der Waals surface area contributed by atoms with Gasteiger partial charge in [-0.3, -0.25) is 4.68 Å². The van der Waals surface area contributed by atoms with Crippen molar-refractivity contribution in [2.75, 3.05) is 0 Å². The number of benzene rings is 1. The Labute approximate surface area is 140 Å². The lowest BCUT2D eigenvalue weighted by Crippen LogP contribution is -2.41. The highest BCUT2D eigenvalue weighted by atomic mass is 32.2. The Bertz CT molecular complexity index is 844. The first-order chi connectivity index (χ1) is 11.3. The smallest absolute Gasteiger partial charge is 0.241 e. The molecule has 1 saturated carbocycles. The minimum Gasteiger partial charge on any atom is -0.393 e. The molecule has 1 fully saturated rings. The quantitative estimate of drug-likeness (QED) is 0.856. The van der Waals surface area contributed by atoms with Crippen LogP contribution in [0.5, 0.6) is 0 Å². The van der Waals surface area contributed by atoms with E-state index in [1.807, 2.05) is 0 Å². The molecule has 1 aromatic carbocycles. The molecule has 1 aromatic heterocycles. The van der Waals surface area contributed by atoms with E-state index in [9.17, 15) is 17.9 Å². The molecule has 0 radical (unpaired) electrons. The van der Waals surface area contributed by atoms with Crippen LogP contribution in [0.4, 0.5) is 4.39 Å². The van der Waals surface area contributed by atoms with Crippen LogP contribution in [0.1, 0.15) is 30.0 Å². The molecular formula is C16H20FN3O3S. The van der Waals surface area contributed by atoms with Crippen LogP contribution in [0, 0.1) is 18.7 Å². The van der Waals surface area contributed by atoms with Gasteiger partial charge in [0.15, 0.2) is 0 Å². The molecular weight excluding hydrogens is 333 g/mol. The fourth-order valence-electron chi connectivity index (χ4n) is 2.92. The van der Waals surface area contributed by atoms with Crippen molar-refractivity contribution in [1.82, 2.24) is 14.5 Å². The summed E-state index contributed by atoms with van der Waals surface area (Å²) in [6.45, 7) is 1.58. The van der Waals surface area contributed by atoms with E-state index in [2.05, 4.69) is 9.82 Å². The zero-order chi connectivity index (χ0) is 17.5. The van der Waals surface area contributed by atoms with Gasteiger partial charge < -0.3 is 5.11 Å². The first-order valence-corrected chi connectivity index (χ1v) is 9.19. The summed E-state index contributed by atoms with van der Waals surface area (Å²) in [4.78, 5) is -0.112. The molecule has 1 aliphatic carbocycles. The fourth-order valence-corrected chi connectivity index (χ4v) is 4.22. The Morgan fingerprint density at radius 3 is 2.67 bits per heavy atom. The Hall–Kier alpha value is -1.77. The third kappa shape index (κ3) is 3.35. The van der Waals surface area contributed by atoms with Gasteiger partial charge in [-0.05, 0) is 43.4 Å². The molecule has 3 rings (SSSR count). The van der Waals surface area contributed by atoms with Gasteiger partial charge >= 0.3 is 0 Å². The van der Waals surface area contributed by atoms with Gasteiger partial charge in [-0.15, -0.1) is 0 Å². The van der Waals surface area contributed by atoms with Crippen LogP contribution in [0.25, 0.3) is 0 Å². The number of nitrogens with zero attached hydrogens (tertiary/aromatic N) is 2. The van der Waals surface area contributed by atoms with Gasteiger partial charge in [0, 0.05) is 18.8 Å². The van der Waals surface area contributed by atoms with Crippen molar-refractivity contribution in [1.29, 1.82) is 0 Å². The van der Waals surface area contributed by atoms with Crippen molar-refractivity contribution >= 4 is 10.0 Å². The van der Waals surface area contributed by atoms with E-state index in [1.165, 1.54) is 12.1 Å². The lowest BCUT2D eigenvalue weighted by molar-refractivity contribution is 0.0280. The number of aromatic nitrogens is 2. The van der Waals surface area contributed by atoms with E-state index < -0.39 is 28.0 Å². The number of halogens is 1. The Morgan fingerprint density at radius 2 is 2.12 bits per heavy atom. The second kappa shape index (κ2) is 6.27. The van der Waals surface area contributed by atoms with Crippen molar-refractivity contribution in [2.24, 2.45) is 13.0 Å². The molecule has 0 amide bonds. The van der Waals surface area contributed by atoms with Crippen molar-refractivity contribution in [3.8, 4) is 0 Å². The number of nitrogens with one attached hydrogen (secondary N) is 1. The highest BCUT2D eigenvalue weighted by molar-refractivity contribution is 7.89. The van der Waals surface area contributed by atoms with E-state index in [1.54, 1.807) is 31.0 Å². The maximum Gasteiger partial charge on any atom is 0.241 e. The molecule has 0 bridgehead atoms. The average molecular weight is 353 g/mol. The molecule has 2 aromatic rings. The minimum atomic E-state index is -3.89. The van der Waals surface area contributed by atoms with Crippen LogP contribution < -0.4 is 4.72 Å². The molecule has 1 atom stereocenters. The SMILES string of the molecule is Cc1ccc(S(=O)(=O)N[C@@H](c2cnn(C)c2)C2CC(O)C2)cc1F. The highest BCUT2D eigenvalue weighted by Gasteiger charge is 2.37. The molecule has 6 nitrogen and oxygen atoms in total. The fraction of sp³-hybridized carbons (Fsp3) is 0.438. The van der Waals surface area contributed by atoms with Crippen molar-refractivity contribution in [3.05, 3.63) is 47.5 Å². The van der Waals surface area contributed by atoms with Crippen LogP contribution in [0.15, 0.2) is 35.5 Å². The van der Waals surface area contributed by atoms with E-state index in [4.69, 9.17) is 0 Å². The molecule has 0 saturated heterocycles. The van der Waals surface area contributed by atoms with Crippen molar-refractivity contribution < 1.29 is 17.9 Å². The van der Waals surface area contributed by atoms with Crippen LogP contribution in [-0.2, 0) is 17.1 Å². The molecule has 24 heavy (non-hydrogen) atoms. The van der Waals surface area contributed by atoms with Gasteiger partial charge in [0.05, 0.1) is 23.2 Å². The zero-order valence-electron chi connectivity index (χ0n) is 13.5. The molecule has 0 unspecified atom stereocenters. The van der Waals surface area contributed by atoms with E-state index >= 15 is 0 Å². The Kier molecular flexibility index (Phi) is 4.46. The summed E-state index contributed by atoms with van der Waals surface area (Å²) in [5.41, 5.74) is 1.12. The summed E-state index contributed by atoms with van der Waals surface area (Å²) in [7, 11) is -2.13. The second-order valence-corrected chi connectivity index (χ2v) is 8.06. The highest BCUT2D eigenvalue weighted by Crippen LogP contribution is 2.38. The summed E-state index contributed by atoms with van der Waals surface area (Å²) >= 11 is 0. The third-order valence-electron chi connectivity index (χ3n) is 4.44. The van der Waals surface area contributed by atoms with Gasteiger partial charge in [-0.25, -0.2) is 17.5 Å². The normalized spacial score (nSPS) is 22.2. The number of sulfonamides is 1. The molecule has 1 heterocycles. The molecule has 2 N–H and O–H groups in total. The number of rotatable bonds is 5. The predicted octanol–water partition coefficient (Wildman–Crippen LogP) is 1.66. The Morgan fingerprint density at radius 1 is 1.42 bits per heavy atom. The summed E-state index contributed by atoms with van der Waals surface area (Å²) < 4.78 is 43.3. The molecule has 1 aliphatic rings. The van der Waals surface area contributed by atoms with Crippen molar-refractivity contribution in [3.63, 3.8) is 0 Å². The lowest BCUT2D eigenvalue weighted by atomic mass is 9.76. The van der Waals surface area contributed by atoms with Crippen LogP contribution in [-0.4, -0.2) is 29.4 Å². The molecule has 0 aliphatic heterocycles. The van der Waals surface area contributed by atoms with Gasteiger partial charge in [0.2, 0.25) is 10.0 Å². The second-order valence-electron chi connectivity index (χ2n) is 6.34. The molecule has 8 heteroatoms. The predicted molar refractivity (Wildman–Crippen MR) is 86.1 cm³/mol. The maximum atomic E-state index is 13.7. The number of hydrogen-bond acceptors (Lipinski definition) is 4. The summed E-state index contributed by atoms with van der Waals surface area (Å²) in [5.74, 6) is -0.580. The van der Waals surface area contributed by atoms with Gasteiger partial charge in [-0.1, -0.05) is 6.07 Å². The van der Waals surface area contributed by atoms with Crippen LogP contribution in [0.3, 0.4) is 0 Å². The molecule has 0 spiro atoms. The summed E-state index contributed by atoms with van der Waals surface area (Å²) in [6.07, 6.45) is 3.98. The third-order valence-corrected chi connectivity index (χ3v) is 5.88.